The van der Waals surface area contributed by atoms with E-state index >= 15 is 0 Å². The molecular weight excluding hydrogens is 210 g/mol. The molecule has 1 heterocycles. The highest BCUT2D eigenvalue weighted by Crippen LogP contribution is 2.19. The van der Waals surface area contributed by atoms with Crippen LogP contribution in [0.4, 0.5) is 5.69 Å². The van der Waals surface area contributed by atoms with Crippen molar-refractivity contribution in [2.75, 3.05) is 11.9 Å². The van der Waals surface area contributed by atoms with Crippen molar-refractivity contribution in [2.24, 2.45) is 5.73 Å². The average molecular weight is 221 g/mol. The predicted molar refractivity (Wildman–Crippen MR) is 62.4 cm³/mol. The summed E-state index contributed by atoms with van der Waals surface area (Å²) in [5.74, 6) is -0.327. The standard InChI is InChI=1S/C10H11N3OS/c11-9(14)8-6-13(8)10(15)12-7-4-2-1-3-5-7/h1-5,8H,6H2,(H2,11,14)(H,12,15). The van der Waals surface area contributed by atoms with E-state index in [1.54, 1.807) is 4.90 Å². The van der Waals surface area contributed by atoms with Crippen LogP contribution in [0.1, 0.15) is 0 Å². The predicted octanol–water partition coefficient (Wildman–Crippen LogP) is 0.553. The van der Waals surface area contributed by atoms with Gasteiger partial charge in [0.1, 0.15) is 6.04 Å². The van der Waals surface area contributed by atoms with E-state index in [4.69, 9.17) is 18.0 Å². The van der Waals surface area contributed by atoms with Gasteiger partial charge in [0.15, 0.2) is 5.11 Å². The molecule has 1 atom stereocenters. The minimum atomic E-state index is -0.327. The van der Waals surface area contributed by atoms with Crippen LogP contribution in [-0.4, -0.2) is 28.5 Å². The Labute approximate surface area is 93.1 Å². The molecular formula is C10H11N3OS. The summed E-state index contributed by atoms with van der Waals surface area (Å²) in [6.45, 7) is 0.619. The second-order valence-electron chi connectivity index (χ2n) is 3.37. The molecule has 0 bridgehead atoms. The Morgan fingerprint density at radius 3 is 2.67 bits per heavy atom. The Morgan fingerprint density at radius 2 is 2.13 bits per heavy atom. The molecule has 3 N–H and O–H groups in total. The van der Waals surface area contributed by atoms with Gasteiger partial charge in [-0.1, -0.05) is 18.2 Å². The summed E-state index contributed by atoms with van der Waals surface area (Å²) in [7, 11) is 0. The van der Waals surface area contributed by atoms with Gasteiger partial charge in [-0.3, -0.25) is 4.79 Å². The number of para-hydroxylation sites is 1. The molecule has 4 nitrogen and oxygen atoms in total. The van der Waals surface area contributed by atoms with Crippen LogP contribution in [0.2, 0.25) is 0 Å². The third-order valence-corrected chi connectivity index (χ3v) is 2.56. The quantitative estimate of drug-likeness (QED) is 0.565. The lowest BCUT2D eigenvalue weighted by Crippen LogP contribution is -2.27. The van der Waals surface area contributed by atoms with Gasteiger partial charge in [-0.15, -0.1) is 0 Å². The second kappa shape index (κ2) is 3.86. The molecule has 0 aromatic heterocycles. The number of hydrogen-bond donors (Lipinski definition) is 2. The molecule has 78 valence electrons. The Bertz CT molecular complexity index is 393. The van der Waals surface area contributed by atoms with Crippen LogP contribution in [0, 0.1) is 0 Å². The zero-order valence-corrected chi connectivity index (χ0v) is 8.83. The number of nitrogens with two attached hydrogens (primary N) is 1. The van der Waals surface area contributed by atoms with E-state index in [0.717, 1.165) is 5.69 Å². The lowest BCUT2D eigenvalue weighted by atomic mass is 10.3. The summed E-state index contributed by atoms with van der Waals surface area (Å²) < 4.78 is 0. The average Bonchev–Trinajstić information content (AvgIpc) is 2.98. The number of rotatable bonds is 2. The lowest BCUT2D eigenvalue weighted by molar-refractivity contribution is -0.117. The van der Waals surface area contributed by atoms with Gasteiger partial charge in [-0.05, 0) is 24.4 Å². The number of amides is 1. The summed E-state index contributed by atoms with van der Waals surface area (Å²) >= 11 is 5.13. The van der Waals surface area contributed by atoms with E-state index in [-0.39, 0.29) is 11.9 Å². The first-order chi connectivity index (χ1) is 7.18. The third-order valence-electron chi connectivity index (χ3n) is 2.23. The van der Waals surface area contributed by atoms with Gasteiger partial charge in [-0.2, -0.15) is 0 Å². The molecule has 15 heavy (non-hydrogen) atoms. The number of carbonyl (C=O) groups excluding carboxylic acids is 1. The van der Waals surface area contributed by atoms with Gasteiger partial charge in [0.05, 0.1) is 6.54 Å². The molecule has 5 heteroatoms. The Kier molecular flexibility index (Phi) is 2.55. The number of benzene rings is 1. The SMILES string of the molecule is NC(=O)C1CN1C(=S)Nc1ccccc1. The van der Waals surface area contributed by atoms with Gasteiger partial charge in [0.25, 0.3) is 0 Å². The first-order valence-corrected chi connectivity index (χ1v) is 5.01. The number of nitrogens with zero attached hydrogens (tertiary/aromatic N) is 1. The fourth-order valence-corrected chi connectivity index (χ4v) is 1.64. The van der Waals surface area contributed by atoms with Crippen LogP contribution >= 0.6 is 12.2 Å². The van der Waals surface area contributed by atoms with E-state index in [9.17, 15) is 4.79 Å². The summed E-state index contributed by atoms with van der Waals surface area (Å²) in [6, 6.07) is 9.35. The van der Waals surface area contributed by atoms with E-state index in [1.807, 2.05) is 30.3 Å². The van der Waals surface area contributed by atoms with Crippen LogP contribution in [0.5, 0.6) is 0 Å². The molecule has 1 aromatic rings. The fourth-order valence-electron chi connectivity index (χ4n) is 1.32. The van der Waals surface area contributed by atoms with Crippen molar-refractivity contribution in [1.29, 1.82) is 0 Å². The lowest BCUT2D eigenvalue weighted by Gasteiger charge is -2.08. The van der Waals surface area contributed by atoms with Gasteiger partial charge in [0.2, 0.25) is 5.91 Å². The van der Waals surface area contributed by atoms with Gasteiger partial charge < -0.3 is 16.0 Å². The molecule has 0 saturated carbocycles. The molecule has 1 saturated heterocycles. The van der Waals surface area contributed by atoms with Gasteiger partial charge in [0, 0.05) is 5.69 Å². The maximum Gasteiger partial charge on any atom is 0.242 e. The van der Waals surface area contributed by atoms with Crippen molar-refractivity contribution in [1.82, 2.24) is 4.90 Å². The van der Waals surface area contributed by atoms with Crippen molar-refractivity contribution in [2.45, 2.75) is 6.04 Å². The van der Waals surface area contributed by atoms with Crippen molar-refractivity contribution >= 4 is 28.9 Å². The largest absolute Gasteiger partial charge is 0.368 e. The molecule has 0 radical (unpaired) electrons. The monoisotopic (exact) mass is 221 g/mol. The molecule has 0 aliphatic carbocycles. The summed E-state index contributed by atoms with van der Waals surface area (Å²) in [5.41, 5.74) is 6.07. The highest BCUT2D eigenvalue weighted by Gasteiger charge is 2.40. The van der Waals surface area contributed by atoms with Crippen molar-refractivity contribution in [3.05, 3.63) is 30.3 Å². The molecule has 1 aliphatic heterocycles. The van der Waals surface area contributed by atoms with Gasteiger partial charge in [-0.25, -0.2) is 0 Å². The normalized spacial score (nSPS) is 18.4. The first-order valence-electron chi connectivity index (χ1n) is 4.60. The van der Waals surface area contributed by atoms with Gasteiger partial charge >= 0.3 is 0 Å². The van der Waals surface area contributed by atoms with Crippen molar-refractivity contribution in [3.8, 4) is 0 Å². The Morgan fingerprint density at radius 1 is 1.47 bits per heavy atom. The number of nitrogens with one attached hydrogen (secondary N) is 1. The zero-order chi connectivity index (χ0) is 10.8. The van der Waals surface area contributed by atoms with E-state index in [1.165, 1.54) is 0 Å². The van der Waals surface area contributed by atoms with E-state index < -0.39 is 0 Å². The van der Waals surface area contributed by atoms with Crippen molar-refractivity contribution < 1.29 is 4.79 Å². The van der Waals surface area contributed by atoms with Crippen LogP contribution in [0.15, 0.2) is 30.3 Å². The molecule has 1 unspecified atom stereocenters. The fraction of sp³-hybridized carbons (Fsp3) is 0.200. The zero-order valence-electron chi connectivity index (χ0n) is 8.01. The topological polar surface area (TPSA) is 58.1 Å². The third kappa shape index (κ3) is 2.24. The maximum atomic E-state index is 10.8. The number of thiocarbonyl (C=S) groups is 1. The minimum Gasteiger partial charge on any atom is -0.368 e. The molecule has 1 fully saturated rings. The Hall–Kier alpha value is -1.62. The van der Waals surface area contributed by atoms with Crippen LogP contribution in [0.25, 0.3) is 0 Å². The molecule has 0 spiro atoms. The molecule has 1 amide bonds. The number of anilines is 1. The Balaban J connectivity index is 1.92. The van der Waals surface area contributed by atoms with Crippen molar-refractivity contribution in [3.63, 3.8) is 0 Å². The number of carbonyl (C=O) groups is 1. The second-order valence-corrected chi connectivity index (χ2v) is 3.75. The maximum absolute atomic E-state index is 10.8. The highest BCUT2D eigenvalue weighted by molar-refractivity contribution is 7.80. The van der Waals surface area contributed by atoms with Crippen LogP contribution < -0.4 is 11.1 Å². The van der Waals surface area contributed by atoms with E-state index in [2.05, 4.69) is 5.32 Å². The molecule has 1 aliphatic rings. The number of hydrogen-bond acceptors (Lipinski definition) is 2. The number of primary amides is 1. The summed E-state index contributed by atoms with van der Waals surface area (Å²) in [6.07, 6.45) is 0. The van der Waals surface area contributed by atoms with Crippen LogP contribution in [-0.2, 0) is 4.79 Å². The van der Waals surface area contributed by atoms with Crippen LogP contribution in [0.3, 0.4) is 0 Å². The molecule has 1 aromatic carbocycles. The van der Waals surface area contributed by atoms with E-state index in [0.29, 0.717) is 11.7 Å². The molecule has 2 rings (SSSR count). The highest BCUT2D eigenvalue weighted by atomic mass is 32.1. The smallest absolute Gasteiger partial charge is 0.242 e. The first kappa shape index (κ1) is 9.92. The minimum absolute atomic E-state index is 0.228. The summed E-state index contributed by atoms with van der Waals surface area (Å²) in [5, 5.41) is 3.58. The summed E-state index contributed by atoms with van der Waals surface area (Å²) in [4.78, 5) is 12.6.